The molecular weight excluding hydrogens is 243 g/mol. The minimum Gasteiger partial charge on any atom is -0.396 e. The maximum Gasteiger partial charge on any atom is 0.131 e. The quantitative estimate of drug-likeness (QED) is 0.806. The first-order chi connectivity index (χ1) is 7.39. The first kappa shape index (κ1) is 12.2. The number of hydrogen-bond acceptors (Lipinski definition) is 1. The lowest BCUT2D eigenvalue weighted by Crippen LogP contribution is -1.94. The molecule has 1 saturated carbocycles. The van der Waals surface area contributed by atoms with Gasteiger partial charge in [-0.15, -0.1) is 23.2 Å². The van der Waals surface area contributed by atoms with Crippen molar-refractivity contribution in [2.75, 3.05) is 6.61 Å². The third kappa shape index (κ3) is 1.75. The van der Waals surface area contributed by atoms with E-state index in [2.05, 4.69) is 32.9 Å². The molecule has 1 aliphatic rings. The largest absolute Gasteiger partial charge is 0.396 e. The molecule has 1 nitrogen and oxygen atoms in total. The lowest BCUT2D eigenvalue weighted by Gasteiger charge is -2.09. The molecular formula is C13H16Cl2O. The van der Waals surface area contributed by atoms with Gasteiger partial charge in [0.05, 0.1) is 0 Å². The minimum atomic E-state index is -0.789. The van der Waals surface area contributed by atoms with E-state index < -0.39 is 4.33 Å². The molecule has 1 aromatic rings. The third-order valence-electron chi connectivity index (χ3n) is 3.71. The van der Waals surface area contributed by atoms with E-state index in [4.69, 9.17) is 23.2 Å². The Balaban J connectivity index is 2.37. The Labute approximate surface area is 106 Å². The first-order valence-corrected chi connectivity index (χ1v) is 6.21. The summed E-state index contributed by atoms with van der Waals surface area (Å²) in [4.78, 5) is 0. The Bertz CT molecular complexity index is 403. The van der Waals surface area contributed by atoms with Crippen molar-refractivity contribution in [1.82, 2.24) is 0 Å². The van der Waals surface area contributed by atoms with Crippen LogP contribution in [0.2, 0.25) is 0 Å². The molecule has 0 aromatic heterocycles. The van der Waals surface area contributed by atoms with Gasteiger partial charge in [-0.2, -0.15) is 0 Å². The molecule has 0 bridgehead atoms. The van der Waals surface area contributed by atoms with Crippen LogP contribution >= 0.6 is 23.2 Å². The molecule has 1 N–H and O–H groups in total. The van der Waals surface area contributed by atoms with Crippen LogP contribution in [-0.2, 0) is 0 Å². The predicted molar refractivity (Wildman–Crippen MR) is 68.4 cm³/mol. The number of hydrogen-bond donors (Lipinski definition) is 1. The number of alkyl halides is 2. The van der Waals surface area contributed by atoms with Crippen LogP contribution in [0, 0.1) is 26.7 Å². The molecule has 1 fully saturated rings. The molecule has 0 aliphatic heterocycles. The van der Waals surface area contributed by atoms with Crippen LogP contribution in [0.1, 0.15) is 28.2 Å². The smallest absolute Gasteiger partial charge is 0.131 e. The summed E-state index contributed by atoms with van der Waals surface area (Å²) in [5.74, 6) is 0.0381. The topological polar surface area (TPSA) is 20.2 Å². The van der Waals surface area contributed by atoms with Gasteiger partial charge in [0.2, 0.25) is 0 Å². The average Bonchev–Trinajstić information content (AvgIpc) is 2.76. The third-order valence-corrected chi connectivity index (χ3v) is 4.74. The van der Waals surface area contributed by atoms with E-state index in [-0.39, 0.29) is 18.4 Å². The van der Waals surface area contributed by atoms with Crippen LogP contribution in [0.3, 0.4) is 0 Å². The van der Waals surface area contributed by atoms with E-state index in [9.17, 15) is 5.11 Å². The monoisotopic (exact) mass is 258 g/mol. The van der Waals surface area contributed by atoms with Crippen molar-refractivity contribution in [3.8, 4) is 0 Å². The zero-order chi connectivity index (χ0) is 12.1. The molecule has 0 radical (unpaired) electrons. The number of aliphatic hydroxyl groups excluding tert-OH is 1. The van der Waals surface area contributed by atoms with Gasteiger partial charge in [0.1, 0.15) is 4.33 Å². The van der Waals surface area contributed by atoms with Gasteiger partial charge in [-0.05, 0) is 43.0 Å². The molecule has 2 atom stereocenters. The highest BCUT2D eigenvalue weighted by atomic mass is 35.5. The summed E-state index contributed by atoms with van der Waals surface area (Å²) in [7, 11) is 0. The second-order valence-electron chi connectivity index (χ2n) is 4.72. The summed E-state index contributed by atoms with van der Waals surface area (Å²) in [6, 6.07) is 4.25. The van der Waals surface area contributed by atoms with Crippen molar-refractivity contribution in [3.05, 3.63) is 34.4 Å². The molecule has 2 unspecified atom stereocenters. The lowest BCUT2D eigenvalue weighted by molar-refractivity contribution is 0.273. The number of halogens is 2. The van der Waals surface area contributed by atoms with Crippen molar-refractivity contribution < 1.29 is 5.11 Å². The number of rotatable bonds is 2. The van der Waals surface area contributed by atoms with E-state index in [1.807, 2.05) is 0 Å². The number of benzene rings is 1. The highest BCUT2D eigenvalue weighted by Gasteiger charge is 2.63. The molecule has 88 valence electrons. The van der Waals surface area contributed by atoms with Gasteiger partial charge in [0, 0.05) is 18.4 Å². The van der Waals surface area contributed by atoms with Crippen LogP contribution in [-0.4, -0.2) is 16.0 Å². The number of aliphatic hydroxyl groups is 1. The number of aryl methyl sites for hydroxylation is 2. The molecule has 0 heterocycles. The van der Waals surface area contributed by atoms with Crippen LogP contribution in [0.5, 0.6) is 0 Å². The molecule has 3 heteroatoms. The maximum absolute atomic E-state index is 9.20. The van der Waals surface area contributed by atoms with E-state index in [1.165, 1.54) is 16.7 Å². The van der Waals surface area contributed by atoms with Gasteiger partial charge in [-0.25, -0.2) is 0 Å². The van der Waals surface area contributed by atoms with Gasteiger partial charge in [0.15, 0.2) is 0 Å². The van der Waals surface area contributed by atoms with E-state index in [0.717, 1.165) is 5.56 Å². The Hall–Kier alpha value is -0.240. The van der Waals surface area contributed by atoms with Crippen molar-refractivity contribution in [1.29, 1.82) is 0 Å². The van der Waals surface area contributed by atoms with Gasteiger partial charge in [-0.1, -0.05) is 12.1 Å². The van der Waals surface area contributed by atoms with Crippen LogP contribution < -0.4 is 0 Å². The van der Waals surface area contributed by atoms with Crippen LogP contribution in [0.4, 0.5) is 0 Å². The van der Waals surface area contributed by atoms with Crippen molar-refractivity contribution in [2.45, 2.75) is 31.0 Å². The Morgan fingerprint density at radius 2 is 1.69 bits per heavy atom. The normalized spacial score (nSPS) is 26.9. The summed E-state index contributed by atoms with van der Waals surface area (Å²) < 4.78 is -0.789. The molecule has 0 saturated heterocycles. The van der Waals surface area contributed by atoms with Crippen LogP contribution in [0.25, 0.3) is 0 Å². The summed E-state index contributed by atoms with van der Waals surface area (Å²) >= 11 is 12.3. The molecule has 1 aromatic carbocycles. The zero-order valence-electron chi connectivity index (χ0n) is 9.72. The summed E-state index contributed by atoms with van der Waals surface area (Å²) in [5, 5.41) is 9.20. The fourth-order valence-corrected chi connectivity index (χ4v) is 3.14. The fraction of sp³-hybridized carbons (Fsp3) is 0.538. The van der Waals surface area contributed by atoms with Gasteiger partial charge in [-0.3, -0.25) is 0 Å². The summed E-state index contributed by atoms with van der Waals surface area (Å²) in [5.41, 5.74) is 4.95. The van der Waals surface area contributed by atoms with Crippen molar-refractivity contribution >= 4 is 23.2 Å². The minimum absolute atomic E-state index is 0.0302. The Kier molecular flexibility index (Phi) is 2.98. The van der Waals surface area contributed by atoms with E-state index >= 15 is 0 Å². The van der Waals surface area contributed by atoms with Crippen molar-refractivity contribution in [2.24, 2.45) is 5.92 Å². The lowest BCUT2D eigenvalue weighted by atomic mass is 9.98. The van der Waals surface area contributed by atoms with Gasteiger partial charge < -0.3 is 5.11 Å². The molecule has 0 amide bonds. The van der Waals surface area contributed by atoms with E-state index in [0.29, 0.717) is 0 Å². The highest BCUT2D eigenvalue weighted by Crippen LogP contribution is 2.64. The van der Waals surface area contributed by atoms with Gasteiger partial charge >= 0.3 is 0 Å². The summed E-state index contributed by atoms with van der Waals surface area (Å²) in [6.07, 6.45) is 0. The van der Waals surface area contributed by atoms with Crippen LogP contribution in [0.15, 0.2) is 12.1 Å². The average molecular weight is 259 g/mol. The molecule has 1 aliphatic carbocycles. The first-order valence-electron chi connectivity index (χ1n) is 5.46. The zero-order valence-corrected chi connectivity index (χ0v) is 11.2. The Morgan fingerprint density at radius 1 is 1.19 bits per heavy atom. The maximum atomic E-state index is 9.20. The molecule has 16 heavy (non-hydrogen) atoms. The molecule has 0 spiro atoms. The second-order valence-corrected chi connectivity index (χ2v) is 6.17. The second kappa shape index (κ2) is 3.90. The standard InChI is InChI=1S/C13H16Cl2O/c1-7-4-10(5-8(2)9(7)3)12-11(6-16)13(12,14)15/h4-5,11-12,16H,6H2,1-3H3. The predicted octanol–water partition coefficient (Wildman–Crippen LogP) is 3.49. The van der Waals surface area contributed by atoms with Crippen molar-refractivity contribution in [3.63, 3.8) is 0 Å². The van der Waals surface area contributed by atoms with Gasteiger partial charge in [0.25, 0.3) is 0 Å². The van der Waals surface area contributed by atoms with E-state index in [1.54, 1.807) is 0 Å². The summed E-state index contributed by atoms with van der Waals surface area (Å²) in [6.45, 7) is 6.34. The fourth-order valence-electron chi connectivity index (χ4n) is 2.32. The Morgan fingerprint density at radius 3 is 2.06 bits per heavy atom. The SMILES string of the molecule is Cc1cc(C2C(CO)C2(Cl)Cl)cc(C)c1C. The molecule has 2 rings (SSSR count). The highest BCUT2D eigenvalue weighted by molar-refractivity contribution is 6.51.